The van der Waals surface area contributed by atoms with Gasteiger partial charge in [0.05, 0.1) is 25.4 Å². The molecule has 1 N–H and O–H groups in total. The summed E-state index contributed by atoms with van der Waals surface area (Å²) in [4.78, 5) is 18.1. The quantitative estimate of drug-likeness (QED) is 0.463. The fourth-order valence-electron chi connectivity index (χ4n) is 3.08. The van der Waals surface area contributed by atoms with Crippen LogP contribution in [0.15, 0.2) is 65.0 Å². The maximum absolute atomic E-state index is 13.1. The summed E-state index contributed by atoms with van der Waals surface area (Å²) in [7, 11) is 1.59. The molecule has 0 aliphatic heterocycles. The largest absolute Gasteiger partial charge is 0.497 e. The summed E-state index contributed by atoms with van der Waals surface area (Å²) >= 11 is 7.38. The predicted molar refractivity (Wildman–Crippen MR) is 119 cm³/mol. The number of ether oxygens (including phenoxy) is 2. The van der Waals surface area contributed by atoms with Crippen molar-refractivity contribution in [3.05, 3.63) is 75.6 Å². The maximum Gasteiger partial charge on any atom is 0.262 e. The van der Waals surface area contributed by atoms with E-state index in [0.29, 0.717) is 21.0 Å². The lowest BCUT2D eigenvalue weighted by Gasteiger charge is -2.14. The Kier molecular flexibility index (Phi) is 6.03. The van der Waals surface area contributed by atoms with Crippen molar-refractivity contribution in [1.29, 1.82) is 0 Å². The predicted octanol–water partition coefficient (Wildman–Crippen LogP) is 4.23. The number of benzene rings is 2. The number of aliphatic hydroxyl groups excluding tert-OH is 1. The molecule has 0 saturated carbocycles. The summed E-state index contributed by atoms with van der Waals surface area (Å²) in [6, 6.07) is 14.4. The highest BCUT2D eigenvalue weighted by atomic mass is 35.5. The average molecular weight is 443 g/mol. The Balaban J connectivity index is 1.52. The number of nitrogens with zero attached hydrogens (tertiary/aromatic N) is 2. The topological polar surface area (TPSA) is 73.6 Å². The number of hydrogen-bond acceptors (Lipinski definition) is 6. The molecule has 2 aromatic heterocycles. The van der Waals surface area contributed by atoms with Gasteiger partial charge >= 0.3 is 0 Å². The van der Waals surface area contributed by atoms with E-state index in [2.05, 4.69) is 4.98 Å². The van der Waals surface area contributed by atoms with Crippen molar-refractivity contribution in [2.45, 2.75) is 12.6 Å². The number of hydrogen-bond donors (Lipinski definition) is 1. The minimum absolute atomic E-state index is 0.0461. The molecular formula is C22H19ClN2O4S. The van der Waals surface area contributed by atoms with E-state index in [1.54, 1.807) is 43.5 Å². The second kappa shape index (κ2) is 8.87. The SMILES string of the molecule is COc1ccc(OCC(O)Cn2cnc3scc(-c4ccc(Cl)cc4)c3c2=O)cc1. The molecule has 0 saturated heterocycles. The van der Waals surface area contributed by atoms with Gasteiger partial charge in [-0.15, -0.1) is 11.3 Å². The van der Waals surface area contributed by atoms with Gasteiger partial charge in [0, 0.05) is 16.0 Å². The molecule has 0 amide bonds. The molecule has 0 aliphatic carbocycles. The van der Waals surface area contributed by atoms with Crippen LogP contribution in [-0.4, -0.2) is 34.5 Å². The van der Waals surface area contributed by atoms with E-state index < -0.39 is 6.10 Å². The Hall–Kier alpha value is -2.87. The maximum atomic E-state index is 13.1. The van der Waals surface area contributed by atoms with Crippen LogP contribution in [0.4, 0.5) is 0 Å². The first-order chi connectivity index (χ1) is 14.5. The van der Waals surface area contributed by atoms with Gasteiger partial charge in [0.2, 0.25) is 0 Å². The van der Waals surface area contributed by atoms with Gasteiger partial charge in [0.1, 0.15) is 29.0 Å². The number of rotatable bonds is 7. The first kappa shape index (κ1) is 20.4. The molecule has 154 valence electrons. The van der Waals surface area contributed by atoms with Crippen molar-refractivity contribution >= 4 is 33.2 Å². The van der Waals surface area contributed by atoms with Gasteiger partial charge in [0.25, 0.3) is 5.56 Å². The second-order valence-electron chi connectivity index (χ2n) is 6.68. The molecule has 4 rings (SSSR count). The molecule has 1 atom stereocenters. The lowest BCUT2D eigenvalue weighted by atomic mass is 10.1. The monoisotopic (exact) mass is 442 g/mol. The summed E-state index contributed by atoms with van der Waals surface area (Å²) in [5.74, 6) is 1.33. The van der Waals surface area contributed by atoms with E-state index in [1.165, 1.54) is 22.2 Å². The fraction of sp³-hybridized carbons (Fsp3) is 0.182. The highest BCUT2D eigenvalue weighted by molar-refractivity contribution is 7.17. The molecule has 1 unspecified atom stereocenters. The summed E-state index contributed by atoms with van der Waals surface area (Å²) < 4.78 is 12.1. The molecule has 2 heterocycles. The van der Waals surface area contributed by atoms with Gasteiger partial charge in [0.15, 0.2) is 0 Å². The van der Waals surface area contributed by atoms with Crippen molar-refractivity contribution in [2.24, 2.45) is 0 Å². The van der Waals surface area contributed by atoms with E-state index in [1.807, 2.05) is 17.5 Å². The van der Waals surface area contributed by atoms with Gasteiger partial charge in [-0.25, -0.2) is 4.98 Å². The Morgan fingerprint density at radius 3 is 2.53 bits per heavy atom. The van der Waals surface area contributed by atoms with Gasteiger partial charge in [-0.2, -0.15) is 0 Å². The van der Waals surface area contributed by atoms with Crippen molar-refractivity contribution < 1.29 is 14.6 Å². The van der Waals surface area contributed by atoms with Crippen LogP contribution in [-0.2, 0) is 6.54 Å². The van der Waals surface area contributed by atoms with E-state index >= 15 is 0 Å². The van der Waals surface area contributed by atoms with E-state index in [0.717, 1.165) is 16.9 Å². The smallest absolute Gasteiger partial charge is 0.262 e. The minimum Gasteiger partial charge on any atom is -0.497 e. The zero-order valence-corrected chi connectivity index (χ0v) is 17.7. The molecule has 0 bridgehead atoms. The van der Waals surface area contributed by atoms with E-state index in [-0.39, 0.29) is 18.7 Å². The van der Waals surface area contributed by atoms with Crippen LogP contribution in [0, 0.1) is 0 Å². The summed E-state index contributed by atoms with van der Waals surface area (Å²) in [6.45, 7) is 0.123. The number of halogens is 1. The van der Waals surface area contributed by atoms with Crippen molar-refractivity contribution in [2.75, 3.05) is 13.7 Å². The Morgan fingerprint density at radius 1 is 1.13 bits per heavy atom. The fourth-order valence-corrected chi connectivity index (χ4v) is 4.12. The van der Waals surface area contributed by atoms with Crippen LogP contribution in [0.25, 0.3) is 21.3 Å². The zero-order valence-electron chi connectivity index (χ0n) is 16.1. The Labute approximate surface area is 181 Å². The highest BCUT2D eigenvalue weighted by Crippen LogP contribution is 2.31. The molecule has 0 fully saturated rings. The zero-order chi connectivity index (χ0) is 21.1. The van der Waals surface area contributed by atoms with Crippen molar-refractivity contribution in [3.8, 4) is 22.6 Å². The first-order valence-corrected chi connectivity index (χ1v) is 10.5. The van der Waals surface area contributed by atoms with Crippen molar-refractivity contribution in [1.82, 2.24) is 9.55 Å². The van der Waals surface area contributed by atoms with Crippen LogP contribution in [0.5, 0.6) is 11.5 Å². The number of fused-ring (bicyclic) bond motifs is 1. The molecule has 0 radical (unpaired) electrons. The third-order valence-electron chi connectivity index (χ3n) is 4.63. The van der Waals surface area contributed by atoms with Crippen LogP contribution in [0.1, 0.15) is 0 Å². The molecular weight excluding hydrogens is 424 g/mol. The van der Waals surface area contributed by atoms with Crippen LogP contribution in [0.3, 0.4) is 0 Å². The molecule has 8 heteroatoms. The average Bonchev–Trinajstić information content (AvgIpc) is 3.20. The second-order valence-corrected chi connectivity index (χ2v) is 7.97. The number of aromatic nitrogens is 2. The molecule has 2 aromatic carbocycles. The van der Waals surface area contributed by atoms with Crippen LogP contribution < -0.4 is 15.0 Å². The normalized spacial score (nSPS) is 12.1. The summed E-state index contributed by atoms with van der Waals surface area (Å²) in [5, 5.41) is 13.5. The summed E-state index contributed by atoms with van der Waals surface area (Å²) in [6.07, 6.45) is 0.588. The van der Waals surface area contributed by atoms with Gasteiger partial charge in [-0.1, -0.05) is 23.7 Å². The van der Waals surface area contributed by atoms with Gasteiger partial charge in [-0.3, -0.25) is 9.36 Å². The molecule has 4 aromatic rings. The molecule has 0 aliphatic rings. The van der Waals surface area contributed by atoms with Crippen LogP contribution in [0.2, 0.25) is 5.02 Å². The Bertz CT molecular complexity index is 1200. The lowest BCUT2D eigenvalue weighted by Crippen LogP contribution is -2.30. The summed E-state index contributed by atoms with van der Waals surface area (Å²) in [5.41, 5.74) is 1.50. The van der Waals surface area contributed by atoms with Gasteiger partial charge in [-0.05, 0) is 42.0 Å². The van der Waals surface area contributed by atoms with E-state index in [9.17, 15) is 9.90 Å². The standard InChI is InChI=1S/C22H19ClN2O4S/c1-28-17-6-8-18(9-7-17)29-11-16(26)10-25-13-24-21-20(22(25)27)19(12-30-21)14-2-4-15(23)5-3-14/h2-9,12-13,16,26H,10-11H2,1H3. The van der Waals surface area contributed by atoms with Gasteiger partial charge < -0.3 is 14.6 Å². The molecule has 0 spiro atoms. The third kappa shape index (κ3) is 4.33. The number of aliphatic hydroxyl groups is 1. The number of methoxy groups -OCH3 is 1. The first-order valence-electron chi connectivity index (χ1n) is 9.22. The minimum atomic E-state index is -0.873. The lowest BCUT2D eigenvalue weighted by molar-refractivity contribution is 0.0914. The molecule has 30 heavy (non-hydrogen) atoms. The highest BCUT2D eigenvalue weighted by Gasteiger charge is 2.15. The molecule has 6 nitrogen and oxygen atoms in total. The van der Waals surface area contributed by atoms with E-state index in [4.69, 9.17) is 21.1 Å². The van der Waals surface area contributed by atoms with Crippen molar-refractivity contribution in [3.63, 3.8) is 0 Å². The number of thiophene rings is 1. The Morgan fingerprint density at radius 2 is 1.83 bits per heavy atom. The van der Waals surface area contributed by atoms with Crippen LogP contribution >= 0.6 is 22.9 Å². The third-order valence-corrected chi connectivity index (χ3v) is 5.76.